The van der Waals surface area contributed by atoms with Gasteiger partial charge in [-0.05, 0) is 38.6 Å². The molecule has 1 aromatic heterocycles. The summed E-state index contributed by atoms with van der Waals surface area (Å²) in [5.74, 6) is 0.967. The number of hydrogen-bond acceptors (Lipinski definition) is 3. The Bertz CT molecular complexity index is 563. The van der Waals surface area contributed by atoms with E-state index in [-0.39, 0.29) is 6.04 Å². The highest BCUT2D eigenvalue weighted by molar-refractivity contribution is 5.39. The van der Waals surface area contributed by atoms with Crippen molar-refractivity contribution in [1.82, 2.24) is 15.1 Å². The first-order chi connectivity index (χ1) is 9.61. The van der Waals surface area contributed by atoms with Crippen molar-refractivity contribution in [2.45, 2.75) is 26.3 Å². The van der Waals surface area contributed by atoms with Gasteiger partial charge >= 0.3 is 0 Å². The molecule has 20 heavy (non-hydrogen) atoms. The lowest BCUT2D eigenvalue weighted by atomic mass is 10.1. The second kappa shape index (κ2) is 6.57. The number of ether oxygens (including phenoxy) is 1. The minimum Gasteiger partial charge on any atom is -0.493 e. The number of nitrogens with zero attached hydrogens (tertiary/aromatic N) is 2. The minimum absolute atomic E-state index is 0.280. The van der Waals surface area contributed by atoms with Crippen molar-refractivity contribution in [2.75, 3.05) is 13.7 Å². The lowest BCUT2D eigenvalue weighted by Gasteiger charge is -2.17. The number of aryl methyl sites for hydroxylation is 2. The van der Waals surface area contributed by atoms with Crippen LogP contribution >= 0.6 is 0 Å². The first-order valence-corrected chi connectivity index (χ1v) is 6.99. The van der Waals surface area contributed by atoms with Crippen LogP contribution in [0.5, 0.6) is 5.75 Å². The quantitative estimate of drug-likeness (QED) is 0.879. The van der Waals surface area contributed by atoms with Gasteiger partial charge in [0.25, 0.3) is 0 Å². The van der Waals surface area contributed by atoms with Crippen molar-refractivity contribution < 1.29 is 4.74 Å². The van der Waals surface area contributed by atoms with Crippen LogP contribution < -0.4 is 10.1 Å². The summed E-state index contributed by atoms with van der Waals surface area (Å²) >= 11 is 0. The Morgan fingerprint density at radius 1 is 1.35 bits per heavy atom. The summed E-state index contributed by atoms with van der Waals surface area (Å²) in [4.78, 5) is 0. The van der Waals surface area contributed by atoms with Gasteiger partial charge in [0, 0.05) is 37.0 Å². The number of benzene rings is 1. The Labute approximate surface area is 120 Å². The lowest BCUT2D eigenvalue weighted by molar-refractivity contribution is 0.312. The summed E-state index contributed by atoms with van der Waals surface area (Å²) in [7, 11) is 3.92. The molecule has 1 heterocycles. The highest BCUT2D eigenvalue weighted by Crippen LogP contribution is 2.26. The molecule has 1 atom stereocenters. The van der Waals surface area contributed by atoms with Crippen LogP contribution in [0.25, 0.3) is 0 Å². The van der Waals surface area contributed by atoms with Gasteiger partial charge in [-0.25, -0.2) is 0 Å². The van der Waals surface area contributed by atoms with Crippen molar-refractivity contribution in [2.24, 2.45) is 7.05 Å². The maximum absolute atomic E-state index is 5.99. The monoisotopic (exact) mass is 273 g/mol. The van der Waals surface area contributed by atoms with Gasteiger partial charge in [0.05, 0.1) is 6.61 Å². The zero-order valence-corrected chi connectivity index (χ0v) is 12.7. The number of aromatic nitrogens is 2. The second-order valence-corrected chi connectivity index (χ2v) is 5.10. The Morgan fingerprint density at radius 3 is 2.80 bits per heavy atom. The fourth-order valence-electron chi connectivity index (χ4n) is 2.19. The normalized spacial score (nSPS) is 12.4. The average Bonchev–Trinajstić information content (AvgIpc) is 2.84. The number of hydrogen-bond donors (Lipinski definition) is 1. The van der Waals surface area contributed by atoms with Crippen molar-refractivity contribution in [1.29, 1.82) is 0 Å². The third kappa shape index (κ3) is 3.39. The summed E-state index contributed by atoms with van der Waals surface area (Å²) < 4.78 is 7.87. The molecule has 0 radical (unpaired) electrons. The molecule has 0 aliphatic heterocycles. The molecule has 0 amide bonds. The third-order valence-corrected chi connectivity index (χ3v) is 3.61. The van der Waals surface area contributed by atoms with Crippen LogP contribution in [0.2, 0.25) is 0 Å². The summed E-state index contributed by atoms with van der Waals surface area (Å²) in [6.45, 7) is 4.88. The SMILES string of the molecule is CNC(C)c1ccc(C)cc1OCCc1ccnn1C. The van der Waals surface area contributed by atoms with E-state index in [1.165, 1.54) is 16.8 Å². The summed E-state index contributed by atoms with van der Waals surface area (Å²) in [5, 5.41) is 7.43. The van der Waals surface area contributed by atoms with Crippen LogP contribution in [-0.4, -0.2) is 23.4 Å². The Hall–Kier alpha value is -1.81. The van der Waals surface area contributed by atoms with Crippen molar-refractivity contribution in [3.8, 4) is 5.75 Å². The molecule has 2 rings (SSSR count). The molecule has 0 saturated carbocycles. The van der Waals surface area contributed by atoms with Gasteiger partial charge < -0.3 is 10.1 Å². The lowest BCUT2D eigenvalue weighted by Crippen LogP contribution is -2.14. The van der Waals surface area contributed by atoms with E-state index in [0.29, 0.717) is 6.61 Å². The molecule has 4 nitrogen and oxygen atoms in total. The summed E-state index contributed by atoms with van der Waals surface area (Å²) in [6.07, 6.45) is 2.67. The smallest absolute Gasteiger partial charge is 0.124 e. The van der Waals surface area contributed by atoms with E-state index in [4.69, 9.17) is 4.74 Å². The van der Waals surface area contributed by atoms with Crippen LogP contribution in [0.4, 0.5) is 0 Å². The fraction of sp³-hybridized carbons (Fsp3) is 0.438. The zero-order valence-electron chi connectivity index (χ0n) is 12.7. The van der Waals surface area contributed by atoms with Crippen LogP contribution in [-0.2, 0) is 13.5 Å². The first kappa shape index (κ1) is 14.6. The van der Waals surface area contributed by atoms with E-state index in [1.54, 1.807) is 0 Å². The Morgan fingerprint density at radius 2 is 2.15 bits per heavy atom. The van der Waals surface area contributed by atoms with Gasteiger partial charge in [-0.1, -0.05) is 12.1 Å². The molecule has 1 N–H and O–H groups in total. The van der Waals surface area contributed by atoms with Gasteiger partial charge in [-0.3, -0.25) is 4.68 Å². The predicted octanol–water partition coefficient (Wildman–Crippen LogP) is 2.63. The standard InChI is InChI=1S/C16H23N3O/c1-12-5-6-15(13(2)17-3)16(11-12)20-10-8-14-7-9-18-19(14)4/h5-7,9,11,13,17H,8,10H2,1-4H3. The second-order valence-electron chi connectivity index (χ2n) is 5.10. The van der Waals surface area contributed by atoms with E-state index >= 15 is 0 Å². The highest BCUT2D eigenvalue weighted by Gasteiger charge is 2.10. The van der Waals surface area contributed by atoms with E-state index in [0.717, 1.165) is 12.2 Å². The van der Waals surface area contributed by atoms with E-state index < -0.39 is 0 Å². The molecule has 2 aromatic rings. The molecule has 0 aliphatic rings. The minimum atomic E-state index is 0.280. The highest BCUT2D eigenvalue weighted by atomic mass is 16.5. The molecule has 0 spiro atoms. The molecule has 4 heteroatoms. The van der Waals surface area contributed by atoms with Gasteiger partial charge in [-0.2, -0.15) is 5.10 Å². The molecular formula is C16H23N3O. The molecule has 0 saturated heterocycles. The third-order valence-electron chi connectivity index (χ3n) is 3.61. The van der Waals surface area contributed by atoms with Gasteiger partial charge in [0.15, 0.2) is 0 Å². The van der Waals surface area contributed by atoms with E-state index in [1.807, 2.05) is 31.0 Å². The maximum Gasteiger partial charge on any atom is 0.124 e. The molecular weight excluding hydrogens is 250 g/mol. The van der Waals surface area contributed by atoms with Crippen LogP contribution in [0.3, 0.4) is 0 Å². The van der Waals surface area contributed by atoms with Crippen molar-refractivity contribution >= 4 is 0 Å². The summed E-state index contributed by atoms with van der Waals surface area (Å²) in [5.41, 5.74) is 3.59. The molecule has 108 valence electrons. The van der Waals surface area contributed by atoms with Gasteiger partial charge in [0.1, 0.15) is 5.75 Å². The number of rotatable bonds is 6. The molecule has 0 aliphatic carbocycles. The fourth-order valence-corrected chi connectivity index (χ4v) is 2.19. The van der Waals surface area contributed by atoms with Crippen molar-refractivity contribution in [3.05, 3.63) is 47.3 Å². The largest absolute Gasteiger partial charge is 0.493 e. The van der Waals surface area contributed by atoms with Crippen LogP contribution in [0, 0.1) is 6.92 Å². The Balaban J connectivity index is 2.04. The Kier molecular flexibility index (Phi) is 4.79. The molecule has 1 aromatic carbocycles. The predicted molar refractivity (Wildman–Crippen MR) is 81.1 cm³/mol. The maximum atomic E-state index is 5.99. The number of nitrogens with one attached hydrogen (secondary N) is 1. The topological polar surface area (TPSA) is 39.1 Å². The zero-order chi connectivity index (χ0) is 14.5. The van der Waals surface area contributed by atoms with Crippen LogP contribution in [0.15, 0.2) is 30.5 Å². The van der Waals surface area contributed by atoms with Gasteiger partial charge in [0.2, 0.25) is 0 Å². The van der Waals surface area contributed by atoms with Crippen molar-refractivity contribution in [3.63, 3.8) is 0 Å². The first-order valence-electron chi connectivity index (χ1n) is 6.99. The molecule has 0 fully saturated rings. The molecule has 1 unspecified atom stereocenters. The van der Waals surface area contributed by atoms with E-state index in [9.17, 15) is 0 Å². The average molecular weight is 273 g/mol. The summed E-state index contributed by atoms with van der Waals surface area (Å²) in [6, 6.07) is 8.67. The molecule has 0 bridgehead atoms. The van der Waals surface area contributed by atoms with E-state index in [2.05, 4.69) is 42.5 Å². The van der Waals surface area contributed by atoms with Crippen LogP contribution in [0.1, 0.15) is 29.8 Å². The van der Waals surface area contributed by atoms with Gasteiger partial charge in [-0.15, -0.1) is 0 Å².